The van der Waals surface area contributed by atoms with Crippen molar-refractivity contribution in [2.24, 2.45) is 10.1 Å². The highest BCUT2D eigenvalue weighted by Crippen LogP contribution is 2.35. The summed E-state index contributed by atoms with van der Waals surface area (Å²) in [5.41, 5.74) is 2.97. The Morgan fingerprint density at radius 2 is 1.81 bits per heavy atom. The number of para-hydroxylation sites is 1. The number of ether oxygens (including phenoxy) is 2. The number of aromatic nitrogens is 1. The third-order valence-corrected chi connectivity index (χ3v) is 4.12. The number of hydrogen-bond donors (Lipinski definition) is 2. The van der Waals surface area contributed by atoms with E-state index in [-0.39, 0.29) is 24.8 Å². The number of hydrazone groups is 1. The molecule has 2 aromatic rings. The largest absolute Gasteiger partial charge is 0.461 e. The number of aromatic amines is 1. The molecule has 1 aliphatic heterocycles. The molecule has 0 amide bonds. The standard InChI is InChI=1S/C18H20N4O4/c1-4-25-16(23)14-18(3,20-15(22-21-14)17(24)26-5-2)12-10-19-13-9-7-6-8-11(12)13/h6-10,19H,4-5H2,1-3H3,(H,20,22). The van der Waals surface area contributed by atoms with Crippen LogP contribution in [0.5, 0.6) is 0 Å². The van der Waals surface area contributed by atoms with Crippen LogP contribution in [0.2, 0.25) is 0 Å². The van der Waals surface area contributed by atoms with Crippen molar-refractivity contribution in [2.45, 2.75) is 26.3 Å². The van der Waals surface area contributed by atoms with Gasteiger partial charge in [-0.2, -0.15) is 5.10 Å². The summed E-state index contributed by atoms with van der Waals surface area (Å²) < 4.78 is 10.1. The van der Waals surface area contributed by atoms with Crippen LogP contribution in [0.3, 0.4) is 0 Å². The van der Waals surface area contributed by atoms with E-state index in [1.807, 2.05) is 24.3 Å². The number of carbonyl (C=O) groups excluding carboxylic acids is 2. The smallest absolute Gasteiger partial charge is 0.375 e. The maximum Gasteiger partial charge on any atom is 0.375 e. The number of amidine groups is 1. The Morgan fingerprint density at radius 3 is 2.54 bits per heavy atom. The van der Waals surface area contributed by atoms with Crippen molar-refractivity contribution in [3.8, 4) is 0 Å². The second-order valence-electron chi connectivity index (χ2n) is 5.79. The number of benzene rings is 1. The van der Waals surface area contributed by atoms with Gasteiger partial charge in [-0.05, 0) is 26.8 Å². The van der Waals surface area contributed by atoms with E-state index in [0.29, 0.717) is 5.56 Å². The molecule has 1 aromatic heterocycles. The van der Waals surface area contributed by atoms with Crippen molar-refractivity contribution >= 4 is 34.4 Å². The van der Waals surface area contributed by atoms with E-state index < -0.39 is 17.5 Å². The van der Waals surface area contributed by atoms with Crippen LogP contribution in [-0.4, -0.2) is 41.7 Å². The molecule has 2 N–H and O–H groups in total. The van der Waals surface area contributed by atoms with Gasteiger partial charge in [0.05, 0.1) is 13.2 Å². The average Bonchev–Trinajstić information content (AvgIpc) is 3.06. The first-order chi connectivity index (χ1) is 12.5. The molecule has 0 spiro atoms. The summed E-state index contributed by atoms with van der Waals surface area (Å²) in [6, 6.07) is 7.62. The summed E-state index contributed by atoms with van der Waals surface area (Å²) in [4.78, 5) is 32.2. The van der Waals surface area contributed by atoms with Crippen molar-refractivity contribution in [3.63, 3.8) is 0 Å². The molecule has 0 saturated carbocycles. The fraction of sp³-hybridized carbons (Fsp3) is 0.333. The first kappa shape index (κ1) is 17.7. The molecule has 0 radical (unpaired) electrons. The first-order valence-electron chi connectivity index (χ1n) is 8.36. The van der Waals surface area contributed by atoms with Crippen LogP contribution < -0.4 is 5.43 Å². The molecule has 26 heavy (non-hydrogen) atoms. The summed E-state index contributed by atoms with van der Waals surface area (Å²) in [6.07, 6.45) is 1.76. The van der Waals surface area contributed by atoms with Crippen molar-refractivity contribution in [1.82, 2.24) is 10.4 Å². The van der Waals surface area contributed by atoms with Gasteiger partial charge in [0.2, 0.25) is 5.84 Å². The number of rotatable bonds is 5. The van der Waals surface area contributed by atoms with Gasteiger partial charge in [-0.3, -0.25) is 5.43 Å². The maximum absolute atomic E-state index is 12.5. The Morgan fingerprint density at radius 1 is 1.12 bits per heavy atom. The third-order valence-electron chi connectivity index (χ3n) is 4.12. The minimum atomic E-state index is -1.21. The number of H-pyrrole nitrogens is 1. The van der Waals surface area contributed by atoms with Gasteiger partial charge in [0.15, 0.2) is 5.71 Å². The minimum absolute atomic E-state index is 0.0623. The van der Waals surface area contributed by atoms with Crippen LogP contribution in [-0.2, 0) is 24.6 Å². The van der Waals surface area contributed by atoms with Gasteiger partial charge in [-0.25, -0.2) is 14.6 Å². The molecule has 136 valence electrons. The molecule has 0 fully saturated rings. The Hall–Kier alpha value is -3.16. The predicted octanol–water partition coefficient (Wildman–Crippen LogP) is 1.87. The maximum atomic E-state index is 12.5. The summed E-state index contributed by atoms with van der Waals surface area (Å²) >= 11 is 0. The molecule has 8 heteroatoms. The van der Waals surface area contributed by atoms with E-state index in [2.05, 4.69) is 20.5 Å². The second kappa shape index (κ2) is 6.99. The van der Waals surface area contributed by atoms with Crippen LogP contribution in [0.15, 0.2) is 40.6 Å². The summed E-state index contributed by atoms with van der Waals surface area (Å²) in [5.74, 6) is -1.29. The molecule has 0 saturated heterocycles. The lowest BCUT2D eigenvalue weighted by atomic mass is 9.86. The van der Waals surface area contributed by atoms with Gasteiger partial charge >= 0.3 is 11.9 Å². The second-order valence-corrected chi connectivity index (χ2v) is 5.79. The zero-order valence-corrected chi connectivity index (χ0v) is 14.8. The lowest BCUT2D eigenvalue weighted by Crippen LogP contribution is -2.47. The van der Waals surface area contributed by atoms with Crippen molar-refractivity contribution < 1.29 is 19.1 Å². The molecular formula is C18H20N4O4. The van der Waals surface area contributed by atoms with Crippen LogP contribution in [0.4, 0.5) is 0 Å². The zero-order valence-electron chi connectivity index (χ0n) is 14.8. The highest BCUT2D eigenvalue weighted by molar-refractivity contribution is 6.43. The Labute approximate surface area is 150 Å². The van der Waals surface area contributed by atoms with Crippen molar-refractivity contribution in [1.29, 1.82) is 0 Å². The quantitative estimate of drug-likeness (QED) is 0.796. The van der Waals surface area contributed by atoms with E-state index in [1.54, 1.807) is 27.0 Å². The van der Waals surface area contributed by atoms with E-state index in [0.717, 1.165) is 10.9 Å². The van der Waals surface area contributed by atoms with Gasteiger partial charge in [0.25, 0.3) is 0 Å². The SMILES string of the molecule is CCOC(=O)C1=NC(C)(c2c[nH]c3ccccc23)C(C(=O)OCC)=NN1. The molecule has 0 bridgehead atoms. The van der Waals surface area contributed by atoms with E-state index >= 15 is 0 Å². The van der Waals surface area contributed by atoms with Crippen molar-refractivity contribution in [3.05, 3.63) is 36.0 Å². The van der Waals surface area contributed by atoms with E-state index in [9.17, 15) is 9.59 Å². The molecule has 3 rings (SSSR count). The molecule has 0 aliphatic carbocycles. The summed E-state index contributed by atoms with van der Waals surface area (Å²) in [5, 5.41) is 4.97. The number of esters is 2. The number of nitrogens with zero attached hydrogens (tertiary/aromatic N) is 2. The molecule has 1 atom stereocenters. The fourth-order valence-electron chi connectivity index (χ4n) is 2.92. The van der Waals surface area contributed by atoms with E-state index in [1.165, 1.54) is 0 Å². The highest BCUT2D eigenvalue weighted by Gasteiger charge is 2.43. The van der Waals surface area contributed by atoms with Gasteiger partial charge in [-0.1, -0.05) is 18.2 Å². The first-order valence-corrected chi connectivity index (χ1v) is 8.36. The normalized spacial score (nSPS) is 19.3. The van der Waals surface area contributed by atoms with Gasteiger partial charge in [-0.15, -0.1) is 0 Å². The third kappa shape index (κ3) is 2.94. The van der Waals surface area contributed by atoms with Crippen molar-refractivity contribution in [2.75, 3.05) is 13.2 Å². The van der Waals surface area contributed by atoms with Crippen LogP contribution in [0, 0.1) is 0 Å². The van der Waals surface area contributed by atoms with Gasteiger partial charge in [0, 0.05) is 22.7 Å². The Bertz CT molecular complexity index is 915. The monoisotopic (exact) mass is 356 g/mol. The van der Waals surface area contributed by atoms with Gasteiger partial charge in [0.1, 0.15) is 5.54 Å². The van der Waals surface area contributed by atoms with Crippen LogP contribution in [0.1, 0.15) is 26.3 Å². The topological polar surface area (TPSA) is 105 Å². The lowest BCUT2D eigenvalue weighted by molar-refractivity contribution is -0.136. The fourth-order valence-corrected chi connectivity index (χ4v) is 2.92. The molecule has 1 aliphatic rings. The van der Waals surface area contributed by atoms with Crippen LogP contribution in [0.25, 0.3) is 10.9 Å². The Kier molecular flexibility index (Phi) is 4.75. The van der Waals surface area contributed by atoms with Gasteiger partial charge < -0.3 is 14.5 Å². The summed E-state index contributed by atoms with van der Waals surface area (Å²) in [6.45, 7) is 5.55. The number of aliphatic imine (C=N–C) groups is 1. The number of nitrogens with one attached hydrogen (secondary N) is 2. The van der Waals surface area contributed by atoms with E-state index in [4.69, 9.17) is 9.47 Å². The molecule has 8 nitrogen and oxygen atoms in total. The Balaban J connectivity index is 2.14. The number of hydrogen-bond acceptors (Lipinski definition) is 7. The molecular weight excluding hydrogens is 336 g/mol. The zero-order chi connectivity index (χ0) is 18.7. The molecule has 1 unspecified atom stereocenters. The van der Waals surface area contributed by atoms with Crippen LogP contribution >= 0.6 is 0 Å². The predicted molar refractivity (Wildman–Crippen MR) is 96.9 cm³/mol. The molecule has 1 aromatic carbocycles. The highest BCUT2D eigenvalue weighted by atomic mass is 16.5. The number of carbonyl (C=O) groups is 2. The minimum Gasteiger partial charge on any atom is -0.461 e. The molecule has 2 heterocycles. The number of fused-ring (bicyclic) bond motifs is 1. The average molecular weight is 356 g/mol. The lowest BCUT2D eigenvalue weighted by Gasteiger charge is -2.29. The summed E-state index contributed by atoms with van der Waals surface area (Å²) in [7, 11) is 0.